The molecule has 0 spiro atoms. The van der Waals surface area contributed by atoms with Crippen molar-refractivity contribution in [2.45, 2.75) is 104 Å². The molecule has 6 heteroatoms. The third-order valence-electron chi connectivity index (χ3n) is 6.01. The molecule has 2 heterocycles. The van der Waals surface area contributed by atoms with Crippen molar-refractivity contribution in [1.29, 1.82) is 0 Å². The summed E-state index contributed by atoms with van der Waals surface area (Å²) in [6.07, 6.45) is 10.3. The lowest BCUT2D eigenvalue weighted by Gasteiger charge is -2.26. The van der Waals surface area contributed by atoms with Gasteiger partial charge in [0.2, 0.25) is 11.7 Å². The van der Waals surface area contributed by atoms with Crippen LogP contribution in [0, 0.1) is 6.92 Å². The van der Waals surface area contributed by atoms with Gasteiger partial charge in [0, 0.05) is 12.1 Å². The molecule has 1 amide bonds. The highest BCUT2D eigenvalue weighted by atomic mass is 16.6. The van der Waals surface area contributed by atoms with Gasteiger partial charge < -0.3 is 9.26 Å². The van der Waals surface area contributed by atoms with Crippen molar-refractivity contribution in [3.8, 4) is 11.4 Å². The van der Waals surface area contributed by atoms with E-state index in [2.05, 4.69) is 42.2 Å². The van der Waals surface area contributed by atoms with Crippen LogP contribution < -0.4 is 0 Å². The van der Waals surface area contributed by atoms with Crippen LogP contribution in [0.1, 0.15) is 102 Å². The van der Waals surface area contributed by atoms with Crippen molar-refractivity contribution < 1.29 is 14.1 Å². The van der Waals surface area contributed by atoms with Gasteiger partial charge in [-0.3, -0.25) is 4.90 Å². The fourth-order valence-corrected chi connectivity index (χ4v) is 4.26. The minimum Gasteiger partial charge on any atom is -0.444 e. The monoisotopic (exact) mass is 441 g/mol. The summed E-state index contributed by atoms with van der Waals surface area (Å²) >= 11 is 0. The topological polar surface area (TPSA) is 68.5 Å². The number of unbranched alkanes of at least 4 members (excludes halogenated alkanes) is 5. The van der Waals surface area contributed by atoms with Crippen LogP contribution >= 0.6 is 0 Å². The fraction of sp³-hybridized carbons (Fsp3) is 0.654. The largest absolute Gasteiger partial charge is 0.444 e. The van der Waals surface area contributed by atoms with Gasteiger partial charge in [0.15, 0.2) is 0 Å². The number of rotatable bonds is 9. The van der Waals surface area contributed by atoms with Crippen molar-refractivity contribution in [2.24, 2.45) is 0 Å². The van der Waals surface area contributed by atoms with Crippen molar-refractivity contribution in [3.63, 3.8) is 0 Å². The Balaban J connectivity index is 1.62. The molecular weight excluding hydrogens is 402 g/mol. The highest BCUT2D eigenvalue weighted by Crippen LogP contribution is 2.33. The summed E-state index contributed by atoms with van der Waals surface area (Å²) in [6.45, 7) is 10.7. The predicted octanol–water partition coefficient (Wildman–Crippen LogP) is 7.02. The Bertz CT molecular complexity index is 885. The molecular formula is C26H39N3O3. The van der Waals surface area contributed by atoms with Crippen LogP contribution in [0.3, 0.4) is 0 Å². The maximum atomic E-state index is 12.6. The third-order valence-corrected chi connectivity index (χ3v) is 6.01. The Kier molecular flexibility index (Phi) is 8.32. The van der Waals surface area contributed by atoms with Gasteiger partial charge in [-0.25, -0.2) is 4.79 Å². The van der Waals surface area contributed by atoms with Crippen LogP contribution in [0.5, 0.6) is 0 Å². The Hall–Kier alpha value is -2.37. The number of ether oxygens (including phenoxy) is 1. The van der Waals surface area contributed by atoms with Gasteiger partial charge in [0.05, 0.1) is 0 Å². The molecule has 0 aliphatic carbocycles. The summed E-state index contributed by atoms with van der Waals surface area (Å²) in [4.78, 5) is 18.9. The molecule has 176 valence electrons. The van der Waals surface area contributed by atoms with Crippen molar-refractivity contribution >= 4 is 6.09 Å². The summed E-state index contributed by atoms with van der Waals surface area (Å²) in [6, 6.07) is 6.18. The molecule has 6 nitrogen and oxygen atoms in total. The molecule has 32 heavy (non-hydrogen) atoms. The van der Waals surface area contributed by atoms with E-state index in [9.17, 15) is 4.79 Å². The van der Waals surface area contributed by atoms with E-state index in [4.69, 9.17) is 9.26 Å². The number of aryl methyl sites for hydroxylation is 2. The highest BCUT2D eigenvalue weighted by Gasteiger charge is 2.36. The zero-order chi connectivity index (χ0) is 23.1. The number of nitrogens with zero attached hydrogens (tertiary/aromatic N) is 3. The van der Waals surface area contributed by atoms with Gasteiger partial charge in [-0.15, -0.1) is 0 Å². The number of carbonyl (C=O) groups is 1. The van der Waals surface area contributed by atoms with Crippen LogP contribution in [-0.2, 0) is 11.2 Å². The number of amides is 1. The second-order valence-corrected chi connectivity index (χ2v) is 9.95. The maximum absolute atomic E-state index is 12.6. The van der Waals surface area contributed by atoms with Crippen LogP contribution in [0.25, 0.3) is 11.4 Å². The second kappa shape index (κ2) is 11.0. The van der Waals surface area contributed by atoms with Gasteiger partial charge in [0.1, 0.15) is 11.6 Å². The molecule has 1 atom stereocenters. The summed E-state index contributed by atoms with van der Waals surface area (Å²) < 4.78 is 11.1. The lowest BCUT2D eigenvalue weighted by Crippen LogP contribution is -2.36. The molecule has 1 aliphatic rings. The lowest BCUT2D eigenvalue weighted by molar-refractivity contribution is 0.0199. The normalized spacial score (nSPS) is 16.5. The molecule has 1 aliphatic heterocycles. The average molecular weight is 442 g/mol. The van der Waals surface area contributed by atoms with Crippen LogP contribution in [0.2, 0.25) is 0 Å². The molecule has 1 saturated heterocycles. The number of benzene rings is 1. The molecule has 0 saturated carbocycles. The maximum Gasteiger partial charge on any atom is 0.410 e. The molecule has 0 bridgehead atoms. The number of hydrogen-bond acceptors (Lipinski definition) is 5. The van der Waals surface area contributed by atoms with Crippen molar-refractivity contribution in [3.05, 3.63) is 35.2 Å². The van der Waals surface area contributed by atoms with E-state index in [0.29, 0.717) is 18.3 Å². The minimum atomic E-state index is -0.529. The van der Waals surface area contributed by atoms with E-state index < -0.39 is 5.60 Å². The first-order valence-corrected chi connectivity index (χ1v) is 12.2. The van der Waals surface area contributed by atoms with E-state index in [1.165, 1.54) is 49.7 Å². The van der Waals surface area contributed by atoms with Gasteiger partial charge in [-0.05, 0) is 70.6 Å². The first kappa shape index (κ1) is 24.3. The SMILES string of the molecule is CCCCCCCCc1ccc(-c2noc([C@@H]3CCCN3C(=O)OC(C)(C)C)n2)cc1C. The molecule has 1 aromatic carbocycles. The molecule has 2 aromatic rings. The second-order valence-electron chi connectivity index (χ2n) is 9.95. The van der Waals surface area contributed by atoms with Crippen molar-refractivity contribution in [2.75, 3.05) is 6.54 Å². The number of carbonyl (C=O) groups excluding carboxylic acids is 1. The molecule has 0 radical (unpaired) electrons. The smallest absolute Gasteiger partial charge is 0.410 e. The predicted molar refractivity (Wildman–Crippen MR) is 126 cm³/mol. The Labute approximate surface area is 192 Å². The Morgan fingerprint density at radius 3 is 2.66 bits per heavy atom. The summed E-state index contributed by atoms with van der Waals surface area (Å²) in [5, 5.41) is 4.21. The van der Waals surface area contributed by atoms with E-state index in [0.717, 1.165) is 24.8 Å². The number of aromatic nitrogens is 2. The van der Waals surface area contributed by atoms with Gasteiger partial charge in [-0.1, -0.05) is 56.3 Å². The number of likely N-dealkylation sites (tertiary alicyclic amines) is 1. The summed E-state index contributed by atoms with van der Waals surface area (Å²) in [7, 11) is 0. The zero-order valence-electron chi connectivity index (χ0n) is 20.4. The highest BCUT2D eigenvalue weighted by molar-refractivity contribution is 5.69. The standard InChI is InChI=1S/C26H39N3O3/c1-6-7-8-9-10-11-13-20-15-16-21(18-19(20)2)23-27-24(32-28-23)22-14-12-17-29(22)25(30)31-26(3,4)5/h15-16,18,22H,6-14,17H2,1-5H3/t22-/m0/s1. The Morgan fingerprint density at radius 2 is 1.94 bits per heavy atom. The third kappa shape index (κ3) is 6.57. The molecule has 0 N–H and O–H groups in total. The number of hydrogen-bond donors (Lipinski definition) is 0. The molecule has 1 aromatic heterocycles. The van der Waals surface area contributed by atoms with E-state index in [1.807, 2.05) is 20.8 Å². The van der Waals surface area contributed by atoms with E-state index in [-0.39, 0.29) is 12.1 Å². The quantitative estimate of drug-likeness (QED) is 0.391. The minimum absolute atomic E-state index is 0.223. The van der Waals surface area contributed by atoms with Crippen LogP contribution in [0.15, 0.2) is 22.7 Å². The molecule has 3 rings (SSSR count). The zero-order valence-corrected chi connectivity index (χ0v) is 20.4. The Morgan fingerprint density at radius 1 is 1.19 bits per heavy atom. The summed E-state index contributed by atoms with van der Waals surface area (Å²) in [5.41, 5.74) is 3.07. The van der Waals surface area contributed by atoms with E-state index in [1.54, 1.807) is 4.90 Å². The summed E-state index contributed by atoms with van der Waals surface area (Å²) in [5.74, 6) is 1.06. The van der Waals surface area contributed by atoms with Crippen molar-refractivity contribution in [1.82, 2.24) is 15.0 Å². The first-order valence-electron chi connectivity index (χ1n) is 12.2. The van der Waals surface area contributed by atoms with Gasteiger partial charge in [-0.2, -0.15) is 4.98 Å². The van der Waals surface area contributed by atoms with Crippen LogP contribution in [0.4, 0.5) is 4.79 Å². The van der Waals surface area contributed by atoms with Crippen LogP contribution in [-0.4, -0.2) is 33.3 Å². The fourth-order valence-electron chi connectivity index (χ4n) is 4.26. The van der Waals surface area contributed by atoms with Gasteiger partial charge in [0.25, 0.3) is 0 Å². The van der Waals surface area contributed by atoms with E-state index >= 15 is 0 Å². The van der Waals surface area contributed by atoms with Gasteiger partial charge >= 0.3 is 6.09 Å². The molecule has 0 unspecified atom stereocenters. The lowest BCUT2D eigenvalue weighted by atomic mass is 9.99. The first-order chi connectivity index (χ1) is 15.3. The molecule has 1 fully saturated rings. The average Bonchev–Trinajstić information content (AvgIpc) is 3.39.